The third kappa shape index (κ3) is 11.7. The van der Waals surface area contributed by atoms with Crippen LogP contribution in [0.5, 0.6) is 5.75 Å². The van der Waals surface area contributed by atoms with Crippen LogP contribution < -0.4 is 43.8 Å². The Balaban J connectivity index is 0.00000784. The van der Waals surface area contributed by atoms with Crippen LogP contribution in [-0.4, -0.2) is 95.2 Å². The molecule has 5 heterocycles. The molecule has 7 aromatic rings. The van der Waals surface area contributed by atoms with Gasteiger partial charge in [0.25, 0.3) is 11.8 Å². The minimum atomic E-state index is -1.67. The average molecular weight is 1120 g/mol. The van der Waals surface area contributed by atoms with Gasteiger partial charge in [-0.05, 0) is 74.6 Å². The second-order valence-electron chi connectivity index (χ2n) is 19.2. The number of nitrogens with zero attached hydrogens (tertiary/aromatic N) is 7. The zero-order valence-corrected chi connectivity index (χ0v) is 46.3. The highest BCUT2D eigenvalue weighted by Crippen LogP contribution is 2.43. The summed E-state index contributed by atoms with van der Waals surface area (Å²) in [5.41, 5.74) is 13.3. The number of methoxy groups -OCH3 is 1. The Labute approximate surface area is 463 Å². The number of benzene rings is 4. The lowest BCUT2D eigenvalue weighted by atomic mass is 9.77. The minimum absolute atomic E-state index is 0. The van der Waals surface area contributed by atoms with E-state index in [4.69, 9.17) is 35.5 Å². The van der Waals surface area contributed by atoms with Gasteiger partial charge >= 0.3 is 17.9 Å². The number of thioether (sulfide) groups is 2. The molecule has 2 aliphatic heterocycles. The third-order valence-corrected chi connectivity index (χ3v) is 15.5. The smallest absolute Gasteiger partial charge is 0.376 e. The van der Waals surface area contributed by atoms with E-state index in [1.54, 1.807) is 79.7 Å². The first kappa shape index (κ1) is 55.6. The molecule has 2 amide bonds. The van der Waals surface area contributed by atoms with Gasteiger partial charge in [0, 0.05) is 28.1 Å². The number of hydrogen-bond acceptors (Lipinski definition) is 18. The van der Waals surface area contributed by atoms with Crippen LogP contribution in [0.4, 0.5) is 16.9 Å². The number of amides is 2. The molecule has 3 aromatic heterocycles. The van der Waals surface area contributed by atoms with E-state index in [0.29, 0.717) is 32.8 Å². The van der Waals surface area contributed by atoms with E-state index in [9.17, 15) is 19.2 Å². The molecule has 77 heavy (non-hydrogen) atoms. The number of oxime groups is 1. The largest absolute Gasteiger partial charge is 1.00 e. The van der Waals surface area contributed by atoms with E-state index < -0.39 is 51.9 Å². The number of β-lactam (4-membered cyclic amide) rings is 1. The summed E-state index contributed by atoms with van der Waals surface area (Å²) in [7, 11) is 3.31. The Kier molecular flexibility index (Phi) is 16.5. The van der Waals surface area contributed by atoms with Crippen molar-refractivity contribution in [1.29, 1.82) is 0 Å². The normalized spacial score (nSPS) is 15.7. The van der Waals surface area contributed by atoms with Gasteiger partial charge in [-0.1, -0.05) is 125 Å². The highest BCUT2D eigenvalue weighted by Gasteiger charge is 2.55. The molecule has 2 aliphatic rings. The summed E-state index contributed by atoms with van der Waals surface area (Å²) in [6, 6.07) is 37.4. The zero-order chi connectivity index (χ0) is 53.9. The molecule has 4 aromatic carbocycles. The average Bonchev–Trinajstić information content (AvgIpc) is 4.04. The van der Waals surface area contributed by atoms with Crippen molar-refractivity contribution in [3.63, 3.8) is 0 Å². The highest BCUT2D eigenvalue weighted by atomic mass is 35.5. The molecule has 2 atom stereocenters. The molecule has 23 heteroatoms. The maximum Gasteiger partial charge on any atom is 0.376 e. The predicted molar refractivity (Wildman–Crippen MR) is 291 cm³/mol. The molecule has 0 radical (unpaired) electrons. The number of esters is 2. The number of thiazole rings is 1. The molecule has 400 valence electrons. The number of anilines is 3. The number of nitrogen functional groups attached to an aromatic ring is 2. The fourth-order valence-electron chi connectivity index (χ4n) is 8.46. The number of fused-ring (bicyclic) bond motifs is 2. The molecular weight excluding hydrogens is 1060 g/mol. The molecule has 19 nitrogen and oxygen atoms in total. The summed E-state index contributed by atoms with van der Waals surface area (Å²) in [6.45, 7) is 8.03. The predicted octanol–water partition coefficient (Wildman–Crippen LogP) is 3.62. The lowest BCUT2D eigenvalue weighted by Crippen LogP contribution is -3.00. The Morgan fingerprint density at radius 2 is 1.49 bits per heavy atom. The summed E-state index contributed by atoms with van der Waals surface area (Å²) >= 11 is 3.83. The molecule has 9 rings (SSSR count). The van der Waals surface area contributed by atoms with E-state index in [-0.39, 0.29) is 59.4 Å². The number of ether oxygens (including phenoxy) is 3. The van der Waals surface area contributed by atoms with Crippen molar-refractivity contribution < 1.29 is 55.2 Å². The molecule has 0 spiro atoms. The number of aryl methyl sites for hydroxylation is 1. The van der Waals surface area contributed by atoms with Gasteiger partial charge in [0.1, 0.15) is 52.1 Å². The summed E-state index contributed by atoms with van der Waals surface area (Å²) in [4.78, 5) is 73.8. The number of carbonyl (C=O) groups is 4. The van der Waals surface area contributed by atoms with E-state index >= 15 is 0 Å². The van der Waals surface area contributed by atoms with E-state index in [2.05, 4.69) is 25.9 Å². The molecule has 1 fully saturated rings. The van der Waals surface area contributed by atoms with Gasteiger partial charge in [-0.15, -0.1) is 23.1 Å². The zero-order valence-electron chi connectivity index (χ0n) is 43.1. The van der Waals surface area contributed by atoms with Crippen LogP contribution in [0.1, 0.15) is 62.6 Å². The van der Waals surface area contributed by atoms with Gasteiger partial charge < -0.3 is 53.6 Å². The van der Waals surface area contributed by atoms with Gasteiger partial charge in [-0.2, -0.15) is 4.98 Å². The number of nitrogens with two attached hydrogens (primary N) is 2. The van der Waals surface area contributed by atoms with Gasteiger partial charge in [0.15, 0.2) is 10.8 Å². The van der Waals surface area contributed by atoms with Crippen LogP contribution in [0.15, 0.2) is 148 Å². The highest BCUT2D eigenvalue weighted by molar-refractivity contribution is 8.01. The van der Waals surface area contributed by atoms with Crippen molar-refractivity contribution in [3.8, 4) is 5.75 Å². The van der Waals surface area contributed by atoms with Crippen molar-refractivity contribution in [1.82, 2.24) is 29.8 Å². The first-order chi connectivity index (χ1) is 36.4. The SMILES string of the molecule is COc1ccc(COC(=O)C2=C(CSc3nc(N)cc4n3nc(N)[n+]4C)CSC3C(NC(=O)/C(=N\OC(C)(C)C(=O)OC(C)(C)C)c4csc(NC(c5ccccc5)(c5ccccc5)c5ccccc5)n4)C(=O)N23)cc1.[Cl-]. The van der Waals surface area contributed by atoms with Crippen molar-refractivity contribution in [2.75, 3.05) is 35.4 Å². The number of halogens is 1. The van der Waals surface area contributed by atoms with Crippen LogP contribution >= 0.6 is 34.9 Å². The standard InChI is InChI=1S/C54H55N11O8S3.ClH/c1-52(2,3)72-48(69)53(4,5)73-62-41(38-31-75-50(57-38)60-54(34-17-11-8-12-18-34,35-19-13-9-14-20-35)36-21-15-10-16-22-36)44(66)59-42-45(67)64-43(47(68)71-28-32-23-25-37(70-7)26-24-32)33(29-74-46(42)64)30-76-51-58-39(55)27-40-63(6)49(56)61-65(40)51;/h8-27,31,42,46,55H,28-30H2,1-7H3,(H4,56,57,59,60,61,66);1H/b62-41-;. The maximum absolute atomic E-state index is 14.8. The monoisotopic (exact) mass is 1120 g/mol. The van der Waals surface area contributed by atoms with E-state index in [1.807, 2.05) is 91.0 Å². The molecule has 0 aliphatic carbocycles. The minimum Gasteiger partial charge on any atom is -1.00 e. The van der Waals surface area contributed by atoms with Gasteiger partial charge in [0.2, 0.25) is 16.4 Å². The van der Waals surface area contributed by atoms with Gasteiger partial charge in [-0.3, -0.25) is 14.5 Å². The fraction of sp³-hybridized carbons (Fsp3) is 0.278. The third-order valence-electron chi connectivity index (χ3n) is 12.4. The first-order valence-corrected chi connectivity index (χ1v) is 26.9. The number of carbonyl (C=O) groups excluding carboxylic acids is 4. The fourth-order valence-corrected chi connectivity index (χ4v) is 11.7. The van der Waals surface area contributed by atoms with Crippen molar-refractivity contribution in [2.45, 2.75) is 74.5 Å². The second-order valence-corrected chi connectivity index (χ2v) is 22.1. The molecule has 6 N–H and O–H groups in total. The quantitative estimate of drug-likeness (QED) is 0.0140. The Bertz CT molecular complexity index is 3280. The summed E-state index contributed by atoms with van der Waals surface area (Å²) in [5.74, 6) is -1.31. The Morgan fingerprint density at radius 1 is 0.883 bits per heavy atom. The number of nitrogens with one attached hydrogen (secondary N) is 2. The molecule has 0 saturated carbocycles. The Morgan fingerprint density at radius 3 is 2.08 bits per heavy atom. The molecular formula is C54H56ClN11O8S3. The molecule has 0 bridgehead atoms. The summed E-state index contributed by atoms with van der Waals surface area (Å²) in [6.07, 6.45) is 0. The lowest BCUT2D eigenvalue weighted by Gasteiger charge is -2.49. The van der Waals surface area contributed by atoms with Crippen molar-refractivity contribution >= 4 is 86.9 Å². The van der Waals surface area contributed by atoms with Crippen LogP contribution in [-0.2, 0) is 52.7 Å². The van der Waals surface area contributed by atoms with Gasteiger partial charge in [0.05, 0.1) is 14.2 Å². The van der Waals surface area contributed by atoms with Crippen molar-refractivity contribution in [2.24, 2.45) is 12.2 Å². The van der Waals surface area contributed by atoms with Crippen LogP contribution in [0.25, 0.3) is 5.65 Å². The van der Waals surface area contributed by atoms with E-state index in [0.717, 1.165) is 16.7 Å². The Hall–Kier alpha value is -7.66. The number of aromatic nitrogens is 5. The van der Waals surface area contributed by atoms with Gasteiger partial charge in [-0.25, -0.2) is 19.1 Å². The van der Waals surface area contributed by atoms with Crippen molar-refractivity contribution in [3.05, 3.63) is 166 Å². The maximum atomic E-state index is 14.8. The van der Waals surface area contributed by atoms with Crippen LogP contribution in [0, 0.1) is 0 Å². The first-order valence-electron chi connectivity index (χ1n) is 24.0. The molecule has 1 saturated heterocycles. The van der Waals surface area contributed by atoms with Crippen LogP contribution in [0.3, 0.4) is 0 Å². The van der Waals surface area contributed by atoms with Crippen LogP contribution in [0.2, 0.25) is 0 Å². The van der Waals surface area contributed by atoms with E-state index in [1.165, 1.54) is 53.6 Å². The lowest BCUT2D eigenvalue weighted by molar-refractivity contribution is -0.631. The second kappa shape index (κ2) is 22.9. The topological polar surface area (TPSA) is 244 Å². The molecule has 2 unspecified atom stereocenters. The summed E-state index contributed by atoms with van der Waals surface area (Å²) < 4.78 is 20.0. The number of rotatable bonds is 18. The number of hydrogen-bond donors (Lipinski definition) is 4. The summed E-state index contributed by atoms with van der Waals surface area (Å²) in [5, 5.41) is 17.0.